The Labute approximate surface area is 153 Å². The van der Waals surface area contributed by atoms with Gasteiger partial charge in [-0.25, -0.2) is 13.2 Å². The van der Waals surface area contributed by atoms with Gasteiger partial charge in [-0.15, -0.1) is 0 Å². The van der Waals surface area contributed by atoms with Crippen LogP contribution in [0.15, 0.2) is 30.3 Å². The van der Waals surface area contributed by atoms with E-state index in [1.807, 2.05) is 0 Å². The Hall–Kier alpha value is -2.33. The average Bonchev–Trinajstić information content (AvgIpc) is 2.86. The van der Waals surface area contributed by atoms with E-state index in [4.69, 9.17) is 14.5 Å². The highest BCUT2D eigenvalue weighted by molar-refractivity contribution is 7.66. The van der Waals surface area contributed by atoms with Crippen LogP contribution in [0.4, 0.5) is 13.2 Å². The topological polar surface area (TPSA) is 79.5 Å². The number of aliphatic hydroxyl groups is 1. The van der Waals surface area contributed by atoms with Gasteiger partial charge in [-0.3, -0.25) is 4.57 Å². The zero-order chi connectivity index (χ0) is 19.9. The molecule has 2 aromatic carbocycles. The summed E-state index contributed by atoms with van der Waals surface area (Å²) in [6.45, 7) is 1.26. The van der Waals surface area contributed by atoms with Gasteiger partial charge < -0.3 is 14.4 Å². The summed E-state index contributed by atoms with van der Waals surface area (Å²) in [5, 5.41) is 19.0. The summed E-state index contributed by atoms with van der Waals surface area (Å²) in [5.41, 5.74) is -0.526. The van der Waals surface area contributed by atoms with Gasteiger partial charge in [0, 0.05) is 36.3 Å². The van der Waals surface area contributed by atoms with E-state index in [9.17, 15) is 22.8 Å². The van der Waals surface area contributed by atoms with Crippen LogP contribution >= 0.6 is 7.37 Å². The number of nitriles is 1. The lowest BCUT2D eigenvalue weighted by Crippen LogP contribution is -2.17. The first kappa shape index (κ1) is 19.4. The Balaban J connectivity index is 2.16. The fourth-order valence-corrected chi connectivity index (χ4v) is 4.27. The summed E-state index contributed by atoms with van der Waals surface area (Å²) < 4.78 is 65.3. The molecule has 1 unspecified atom stereocenters. The molecule has 0 radical (unpaired) electrons. The van der Waals surface area contributed by atoms with E-state index in [-0.39, 0.29) is 33.5 Å². The van der Waals surface area contributed by atoms with Crippen molar-refractivity contribution in [1.82, 2.24) is 0 Å². The fraction of sp³-hybridized carbons (Fsp3) is 0.278. The molecular weight excluding hydrogens is 382 g/mol. The van der Waals surface area contributed by atoms with Crippen molar-refractivity contribution in [3.63, 3.8) is 0 Å². The molecule has 4 atom stereocenters. The molecule has 1 N–H and O–H groups in total. The first-order valence-electron chi connectivity index (χ1n) is 7.85. The number of aliphatic hydroxyl groups excluding tert-OH is 1. The summed E-state index contributed by atoms with van der Waals surface area (Å²) in [7, 11) is -2.24. The Morgan fingerprint density at radius 3 is 2.56 bits per heavy atom. The SMILES string of the molecule is COP(C)(=O)c1ccc(Oc2cc(F)cc(C#N)c2)c2c1[C@H](O)[C@H](F)[C@@H]2F. The summed E-state index contributed by atoms with van der Waals surface area (Å²) in [5.74, 6) is -1.02. The van der Waals surface area contributed by atoms with Gasteiger partial charge in [0.05, 0.1) is 11.6 Å². The Morgan fingerprint density at radius 1 is 1.22 bits per heavy atom. The number of rotatable bonds is 4. The number of hydrogen-bond acceptors (Lipinski definition) is 5. The highest BCUT2D eigenvalue weighted by atomic mass is 31.2. The van der Waals surface area contributed by atoms with Crippen LogP contribution in [0.25, 0.3) is 0 Å². The molecule has 0 saturated carbocycles. The van der Waals surface area contributed by atoms with Crippen LogP contribution < -0.4 is 10.0 Å². The number of hydrogen-bond donors (Lipinski definition) is 1. The van der Waals surface area contributed by atoms with E-state index in [1.54, 1.807) is 6.07 Å². The van der Waals surface area contributed by atoms with Crippen molar-refractivity contribution in [2.75, 3.05) is 13.8 Å². The molecule has 0 amide bonds. The van der Waals surface area contributed by atoms with Gasteiger partial charge in [0.2, 0.25) is 7.37 Å². The minimum atomic E-state index is -3.43. The quantitative estimate of drug-likeness (QED) is 0.787. The maximum Gasteiger partial charge on any atom is 0.229 e. The molecule has 142 valence electrons. The lowest BCUT2D eigenvalue weighted by molar-refractivity contribution is 0.0469. The molecule has 0 aromatic heterocycles. The molecule has 9 heteroatoms. The van der Waals surface area contributed by atoms with Gasteiger partial charge in [0.25, 0.3) is 0 Å². The number of nitrogens with zero attached hydrogens (tertiary/aromatic N) is 1. The standard InChI is InChI=1S/C18H15F3NO4P/c1-25-27(2,24)13-4-3-12(14-15(13)18(23)17(21)16(14)20)26-11-6-9(8-22)5-10(19)7-11/h3-7,16-18,23H,1-2H3/t16-,17-,18+,27?/m1/s1. The Bertz CT molecular complexity index is 991. The zero-order valence-corrected chi connectivity index (χ0v) is 15.2. The van der Waals surface area contributed by atoms with Gasteiger partial charge in [-0.1, -0.05) is 0 Å². The molecule has 27 heavy (non-hydrogen) atoms. The first-order valence-corrected chi connectivity index (χ1v) is 9.92. The van der Waals surface area contributed by atoms with Crippen LogP contribution in [-0.4, -0.2) is 25.1 Å². The molecule has 1 aliphatic carbocycles. The van der Waals surface area contributed by atoms with Crippen LogP contribution in [0.1, 0.15) is 29.0 Å². The highest BCUT2D eigenvalue weighted by Crippen LogP contribution is 2.52. The molecule has 2 aromatic rings. The number of alkyl halides is 2. The van der Waals surface area contributed by atoms with Gasteiger partial charge in [0.1, 0.15) is 23.4 Å². The van der Waals surface area contributed by atoms with Gasteiger partial charge in [-0.2, -0.15) is 5.26 Å². The van der Waals surface area contributed by atoms with Crippen LogP contribution in [-0.2, 0) is 9.09 Å². The fourth-order valence-electron chi connectivity index (χ4n) is 3.03. The molecule has 5 nitrogen and oxygen atoms in total. The highest BCUT2D eigenvalue weighted by Gasteiger charge is 2.46. The number of ether oxygens (including phenoxy) is 1. The molecule has 0 saturated heterocycles. The monoisotopic (exact) mass is 397 g/mol. The van der Waals surface area contributed by atoms with Crippen molar-refractivity contribution >= 4 is 12.7 Å². The molecule has 1 aliphatic rings. The molecule has 0 spiro atoms. The summed E-state index contributed by atoms with van der Waals surface area (Å²) in [4.78, 5) is 0. The van der Waals surface area contributed by atoms with Gasteiger partial charge in [0.15, 0.2) is 12.3 Å². The van der Waals surface area contributed by atoms with Gasteiger partial charge >= 0.3 is 0 Å². The van der Waals surface area contributed by atoms with Crippen LogP contribution in [0, 0.1) is 17.1 Å². The normalized spacial score (nSPS) is 23.4. The molecule has 0 fully saturated rings. The van der Waals surface area contributed by atoms with E-state index in [2.05, 4.69) is 0 Å². The summed E-state index contributed by atoms with van der Waals surface area (Å²) in [6, 6.07) is 7.50. The van der Waals surface area contributed by atoms with E-state index in [0.29, 0.717) is 0 Å². The van der Waals surface area contributed by atoms with Crippen molar-refractivity contribution in [2.45, 2.75) is 18.4 Å². The summed E-state index contributed by atoms with van der Waals surface area (Å²) >= 11 is 0. The predicted octanol–water partition coefficient (Wildman–Crippen LogP) is 4.06. The summed E-state index contributed by atoms with van der Waals surface area (Å²) in [6.07, 6.45) is -6.35. The van der Waals surface area contributed by atoms with Crippen molar-refractivity contribution in [3.8, 4) is 17.6 Å². The third-order valence-electron chi connectivity index (χ3n) is 4.39. The molecule has 0 bridgehead atoms. The lowest BCUT2D eigenvalue weighted by Gasteiger charge is -2.19. The molecular formula is C18H15F3NO4P. The zero-order valence-electron chi connectivity index (χ0n) is 14.3. The second-order valence-electron chi connectivity index (χ2n) is 6.12. The number of halogens is 3. The molecule has 0 aliphatic heterocycles. The minimum Gasteiger partial charge on any atom is -0.457 e. The maximum atomic E-state index is 14.5. The van der Waals surface area contributed by atoms with E-state index in [0.717, 1.165) is 12.1 Å². The van der Waals surface area contributed by atoms with Crippen molar-refractivity contribution < 1.29 is 32.1 Å². The molecule has 3 rings (SSSR count). The number of fused-ring (bicyclic) bond motifs is 1. The van der Waals surface area contributed by atoms with Crippen LogP contribution in [0.2, 0.25) is 0 Å². The third kappa shape index (κ3) is 3.34. The maximum absolute atomic E-state index is 14.5. The van der Waals surface area contributed by atoms with Crippen molar-refractivity contribution in [3.05, 3.63) is 52.8 Å². The van der Waals surface area contributed by atoms with Crippen LogP contribution in [0.3, 0.4) is 0 Å². The van der Waals surface area contributed by atoms with E-state index < -0.39 is 31.6 Å². The van der Waals surface area contributed by atoms with Gasteiger partial charge in [-0.05, 0) is 24.3 Å². The number of benzene rings is 2. The molecule has 0 heterocycles. The predicted molar refractivity (Wildman–Crippen MR) is 91.5 cm³/mol. The van der Waals surface area contributed by atoms with E-state index >= 15 is 0 Å². The average molecular weight is 397 g/mol. The Morgan fingerprint density at radius 2 is 1.93 bits per heavy atom. The smallest absolute Gasteiger partial charge is 0.229 e. The van der Waals surface area contributed by atoms with Crippen molar-refractivity contribution in [1.29, 1.82) is 5.26 Å². The van der Waals surface area contributed by atoms with E-state index in [1.165, 1.54) is 32.0 Å². The third-order valence-corrected chi connectivity index (χ3v) is 6.35. The lowest BCUT2D eigenvalue weighted by atomic mass is 10.1. The Kier molecular flexibility index (Phi) is 5.04. The second kappa shape index (κ2) is 7.01. The van der Waals surface area contributed by atoms with Crippen molar-refractivity contribution in [2.24, 2.45) is 0 Å². The largest absolute Gasteiger partial charge is 0.457 e. The minimum absolute atomic E-state index is 0.0143. The second-order valence-corrected chi connectivity index (χ2v) is 8.66. The first-order chi connectivity index (χ1) is 12.7. The van der Waals surface area contributed by atoms with Crippen LogP contribution in [0.5, 0.6) is 11.5 Å².